The summed E-state index contributed by atoms with van der Waals surface area (Å²) in [5, 5.41) is 7.22. The zero-order chi connectivity index (χ0) is 9.56. The summed E-state index contributed by atoms with van der Waals surface area (Å²) >= 11 is 0. The van der Waals surface area contributed by atoms with Gasteiger partial charge < -0.3 is 11.5 Å². The average molecular weight is 165 g/mol. The van der Waals surface area contributed by atoms with Crippen LogP contribution in [0.3, 0.4) is 0 Å². The van der Waals surface area contributed by atoms with Crippen molar-refractivity contribution in [2.24, 2.45) is 11.5 Å². The summed E-state index contributed by atoms with van der Waals surface area (Å²) in [6, 6.07) is 0. The van der Waals surface area contributed by atoms with Gasteiger partial charge in [0.2, 0.25) is 0 Å². The number of nitrogens with two attached hydrogens (primary N) is 2. The fourth-order valence-electron chi connectivity index (χ4n) is 0.778. The molecule has 0 saturated carbocycles. The molecule has 0 bridgehead atoms. The number of amidine groups is 1. The molecule has 0 amide bonds. The molecular formula is C9H15N3. The minimum absolute atomic E-state index is 0.0105. The maximum atomic E-state index is 7.22. The van der Waals surface area contributed by atoms with E-state index in [0.29, 0.717) is 11.3 Å². The molecule has 3 heteroatoms. The Labute approximate surface area is 73.0 Å². The molecule has 5 N–H and O–H groups in total. The summed E-state index contributed by atoms with van der Waals surface area (Å²) in [4.78, 5) is 0. The van der Waals surface area contributed by atoms with Crippen LogP contribution in [0.2, 0.25) is 0 Å². The molecule has 0 aromatic heterocycles. The van der Waals surface area contributed by atoms with Crippen molar-refractivity contribution in [2.75, 3.05) is 0 Å². The lowest BCUT2D eigenvalue weighted by Gasteiger charge is -2.01. The number of nitrogens with one attached hydrogen (secondary N) is 1. The monoisotopic (exact) mass is 165 g/mol. The van der Waals surface area contributed by atoms with E-state index in [4.69, 9.17) is 16.9 Å². The van der Waals surface area contributed by atoms with Gasteiger partial charge >= 0.3 is 0 Å². The van der Waals surface area contributed by atoms with E-state index in [2.05, 4.69) is 0 Å². The Bertz CT molecular complexity index is 246. The highest BCUT2D eigenvalue weighted by Crippen LogP contribution is 2.02. The van der Waals surface area contributed by atoms with Crippen molar-refractivity contribution in [3.63, 3.8) is 0 Å². The Hall–Kier alpha value is -1.51. The van der Waals surface area contributed by atoms with Crippen molar-refractivity contribution >= 4 is 5.84 Å². The zero-order valence-corrected chi connectivity index (χ0v) is 7.46. The number of hydrogen-bond acceptors (Lipinski definition) is 2. The Kier molecular flexibility index (Phi) is 4.53. The average Bonchev–Trinajstić information content (AvgIpc) is 1.99. The molecule has 0 heterocycles. The molecule has 12 heavy (non-hydrogen) atoms. The van der Waals surface area contributed by atoms with Crippen LogP contribution < -0.4 is 11.5 Å². The number of hydrogen-bond donors (Lipinski definition) is 3. The molecule has 0 radical (unpaired) electrons. The predicted molar refractivity (Wildman–Crippen MR) is 52.8 cm³/mol. The van der Waals surface area contributed by atoms with Crippen LogP contribution in [0.1, 0.15) is 13.8 Å². The van der Waals surface area contributed by atoms with Gasteiger partial charge in [0.05, 0.1) is 0 Å². The summed E-state index contributed by atoms with van der Waals surface area (Å²) in [7, 11) is 0. The maximum absolute atomic E-state index is 7.22. The third kappa shape index (κ3) is 3.05. The van der Waals surface area contributed by atoms with Crippen molar-refractivity contribution in [3.05, 3.63) is 35.6 Å². The molecule has 3 nitrogen and oxygen atoms in total. The zero-order valence-electron chi connectivity index (χ0n) is 7.46. The molecule has 66 valence electrons. The molecule has 0 aliphatic rings. The van der Waals surface area contributed by atoms with Crippen LogP contribution in [0.4, 0.5) is 0 Å². The lowest BCUT2D eigenvalue weighted by Crippen LogP contribution is -2.15. The topological polar surface area (TPSA) is 75.9 Å². The van der Waals surface area contributed by atoms with Gasteiger partial charge in [0.25, 0.3) is 0 Å². The fraction of sp³-hybridized carbons (Fsp3) is 0.222. The van der Waals surface area contributed by atoms with Gasteiger partial charge in [-0.3, -0.25) is 5.41 Å². The summed E-state index contributed by atoms with van der Waals surface area (Å²) < 4.78 is 0. The second-order valence-corrected chi connectivity index (χ2v) is 2.28. The minimum atomic E-state index is -0.0105. The SMILES string of the molecule is C\C=C/C(N)=C(\C=C/C)C(=N)N. The van der Waals surface area contributed by atoms with E-state index in [0.717, 1.165) is 0 Å². The summed E-state index contributed by atoms with van der Waals surface area (Å²) in [5.41, 5.74) is 12.0. The van der Waals surface area contributed by atoms with E-state index in [9.17, 15) is 0 Å². The largest absolute Gasteiger partial charge is 0.398 e. The summed E-state index contributed by atoms with van der Waals surface area (Å²) in [5.74, 6) is -0.0105. The van der Waals surface area contributed by atoms with Crippen molar-refractivity contribution in [2.45, 2.75) is 13.8 Å². The fourth-order valence-corrected chi connectivity index (χ4v) is 0.778. The van der Waals surface area contributed by atoms with Crippen molar-refractivity contribution in [1.82, 2.24) is 0 Å². The standard InChI is InChI=1S/C9H15N3/c1-3-5-7(9(11)12)8(10)6-4-2/h3-6H,10H2,1-2H3,(H3,11,12)/b5-3-,6-4-,8-7-. The van der Waals surface area contributed by atoms with Gasteiger partial charge in [-0.1, -0.05) is 18.2 Å². The van der Waals surface area contributed by atoms with Crippen LogP contribution in [0.5, 0.6) is 0 Å². The highest BCUT2D eigenvalue weighted by molar-refractivity contribution is 5.98. The van der Waals surface area contributed by atoms with Gasteiger partial charge in [-0.25, -0.2) is 0 Å². The molecule has 0 spiro atoms. The Morgan fingerprint density at radius 3 is 1.92 bits per heavy atom. The van der Waals surface area contributed by atoms with E-state index in [1.807, 2.05) is 19.9 Å². The smallest absolute Gasteiger partial charge is 0.124 e. The molecule has 0 aliphatic carbocycles. The van der Waals surface area contributed by atoms with Crippen LogP contribution in [-0.4, -0.2) is 5.84 Å². The van der Waals surface area contributed by atoms with Gasteiger partial charge in [-0.2, -0.15) is 0 Å². The lowest BCUT2D eigenvalue weighted by molar-refractivity contribution is 1.34. The molecule has 0 fully saturated rings. The van der Waals surface area contributed by atoms with E-state index >= 15 is 0 Å². The first-order valence-corrected chi connectivity index (χ1v) is 3.73. The van der Waals surface area contributed by atoms with Gasteiger partial charge in [-0.05, 0) is 19.9 Å². The van der Waals surface area contributed by atoms with Crippen molar-refractivity contribution in [1.29, 1.82) is 5.41 Å². The van der Waals surface area contributed by atoms with Gasteiger partial charge in [0.15, 0.2) is 0 Å². The van der Waals surface area contributed by atoms with Gasteiger partial charge in [0, 0.05) is 11.3 Å². The molecule has 0 aliphatic heterocycles. The van der Waals surface area contributed by atoms with Crippen molar-refractivity contribution in [3.8, 4) is 0 Å². The molecule has 0 aromatic rings. The predicted octanol–water partition coefficient (Wildman–Crippen LogP) is 1.29. The van der Waals surface area contributed by atoms with Crippen LogP contribution in [0, 0.1) is 5.41 Å². The minimum Gasteiger partial charge on any atom is -0.398 e. The highest BCUT2D eigenvalue weighted by Gasteiger charge is 1.99. The van der Waals surface area contributed by atoms with Crippen LogP contribution >= 0.6 is 0 Å². The molecule has 0 aromatic carbocycles. The van der Waals surface area contributed by atoms with E-state index in [-0.39, 0.29) is 5.84 Å². The van der Waals surface area contributed by atoms with E-state index in [1.54, 1.807) is 18.2 Å². The summed E-state index contributed by atoms with van der Waals surface area (Å²) in [6.45, 7) is 3.71. The van der Waals surface area contributed by atoms with Gasteiger partial charge in [-0.15, -0.1) is 0 Å². The number of rotatable bonds is 3. The molecular weight excluding hydrogens is 150 g/mol. The molecule has 0 rings (SSSR count). The lowest BCUT2D eigenvalue weighted by atomic mass is 10.1. The highest BCUT2D eigenvalue weighted by atomic mass is 14.7. The van der Waals surface area contributed by atoms with Crippen LogP contribution in [0.25, 0.3) is 0 Å². The molecule has 0 saturated heterocycles. The van der Waals surface area contributed by atoms with Crippen LogP contribution in [-0.2, 0) is 0 Å². The Morgan fingerprint density at radius 2 is 1.58 bits per heavy atom. The van der Waals surface area contributed by atoms with Gasteiger partial charge in [0.1, 0.15) is 5.84 Å². The Balaban J connectivity index is 4.93. The van der Waals surface area contributed by atoms with Crippen molar-refractivity contribution < 1.29 is 0 Å². The Morgan fingerprint density at radius 1 is 1.08 bits per heavy atom. The third-order valence-electron chi connectivity index (χ3n) is 1.28. The maximum Gasteiger partial charge on any atom is 0.124 e. The molecule has 0 unspecified atom stereocenters. The van der Waals surface area contributed by atoms with E-state index in [1.165, 1.54) is 0 Å². The quantitative estimate of drug-likeness (QED) is 0.335. The first-order chi connectivity index (χ1) is 5.63. The second-order valence-electron chi connectivity index (χ2n) is 2.28. The van der Waals surface area contributed by atoms with Crippen LogP contribution in [0.15, 0.2) is 35.6 Å². The first-order valence-electron chi connectivity index (χ1n) is 3.73. The molecule has 0 atom stereocenters. The first kappa shape index (κ1) is 10.5. The normalized spacial score (nSPS) is 13.8. The third-order valence-corrected chi connectivity index (χ3v) is 1.28. The van der Waals surface area contributed by atoms with E-state index < -0.39 is 0 Å². The second kappa shape index (κ2) is 5.18. The summed E-state index contributed by atoms with van der Waals surface area (Å²) in [6.07, 6.45) is 7.04. The number of allylic oxidation sites excluding steroid dienone is 3.